The molecule has 6 atom stereocenters. The Morgan fingerprint density at radius 2 is 2.03 bits per heavy atom. The number of hydrogen-bond acceptors (Lipinski definition) is 3. The zero-order valence-corrected chi connectivity index (χ0v) is 18.9. The maximum absolute atomic E-state index is 11.4. The summed E-state index contributed by atoms with van der Waals surface area (Å²) in [5.41, 5.74) is 2.74. The molecule has 0 aromatic heterocycles. The zero-order chi connectivity index (χ0) is 22.4. The number of carbonyl (C=O) groups is 1. The van der Waals surface area contributed by atoms with Gasteiger partial charge < -0.3 is 15.3 Å². The third-order valence-corrected chi connectivity index (χ3v) is 7.12. The van der Waals surface area contributed by atoms with Crippen LogP contribution in [0.4, 0.5) is 0 Å². The van der Waals surface area contributed by atoms with Gasteiger partial charge >= 0.3 is 5.97 Å². The van der Waals surface area contributed by atoms with Crippen LogP contribution >= 0.6 is 0 Å². The molecule has 1 aromatic carbocycles. The van der Waals surface area contributed by atoms with Crippen LogP contribution in [0.25, 0.3) is 0 Å². The zero-order valence-electron chi connectivity index (χ0n) is 18.9. The van der Waals surface area contributed by atoms with Crippen LogP contribution in [0.15, 0.2) is 48.1 Å². The number of fused-ring (bicyclic) bond motifs is 1. The van der Waals surface area contributed by atoms with Crippen LogP contribution in [0.2, 0.25) is 0 Å². The Kier molecular flexibility index (Phi) is 8.50. The number of rotatable bonds is 11. The van der Waals surface area contributed by atoms with Crippen LogP contribution < -0.4 is 0 Å². The highest BCUT2D eigenvalue weighted by Crippen LogP contribution is 2.48. The normalized spacial score (nSPS) is 27.3. The van der Waals surface area contributed by atoms with E-state index in [-0.39, 0.29) is 12.0 Å². The average Bonchev–Trinajstić information content (AvgIpc) is 3.23. The molecule has 1 aromatic rings. The summed E-state index contributed by atoms with van der Waals surface area (Å²) in [6.07, 6.45) is 13.1. The minimum Gasteiger partial charge on any atom is -0.478 e. The van der Waals surface area contributed by atoms with Crippen LogP contribution in [0.1, 0.15) is 74.7 Å². The second-order valence-corrected chi connectivity index (χ2v) is 9.63. The van der Waals surface area contributed by atoms with Crippen molar-refractivity contribution in [2.24, 2.45) is 23.7 Å². The Balaban J connectivity index is 1.51. The van der Waals surface area contributed by atoms with Crippen LogP contribution in [-0.4, -0.2) is 33.5 Å². The summed E-state index contributed by atoms with van der Waals surface area (Å²) in [6.45, 7) is 4.35. The second kappa shape index (κ2) is 11.1. The van der Waals surface area contributed by atoms with Gasteiger partial charge in [-0.25, -0.2) is 4.79 Å². The van der Waals surface area contributed by atoms with Gasteiger partial charge in [-0.1, -0.05) is 68.7 Å². The standard InChI is InChI=1S/C27H38O4/c1-3-7-18(2)14-22(28)12-13-24-25-16-19(15-21(25)17-26(24)29)8-6-10-20-9-4-5-11-23(20)27(30)31/h4-5,9,11-13,15,18,21-22,24-26,28-29H,3,6-8,10,14,16-17H2,1-2H3,(H,30,31)/t18?,21-,22+,24-,25-,26+/m0/s1. The number of hydrogen-bond donors (Lipinski definition) is 3. The number of aryl methyl sites for hydroxylation is 1. The summed E-state index contributed by atoms with van der Waals surface area (Å²) in [4.78, 5) is 11.4. The molecule has 0 aliphatic heterocycles. The lowest BCUT2D eigenvalue weighted by Gasteiger charge is -2.19. The van der Waals surface area contributed by atoms with Crippen molar-refractivity contribution < 1.29 is 20.1 Å². The van der Waals surface area contributed by atoms with Gasteiger partial charge in [0.15, 0.2) is 0 Å². The van der Waals surface area contributed by atoms with Crippen LogP contribution in [0.5, 0.6) is 0 Å². The van der Waals surface area contributed by atoms with E-state index < -0.39 is 12.1 Å². The van der Waals surface area contributed by atoms with Crippen molar-refractivity contribution in [2.45, 2.75) is 77.4 Å². The molecule has 170 valence electrons. The lowest BCUT2D eigenvalue weighted by Crippen LogP contribution is -2.18. The maximum Gasteiger partial charge on any atom is 0.335 e. The Bertz CT molecular complexity index is 796. The third-order valence-electron chi connectivity index (χ3n) is 7.12. The van der Waals surface area contributed by atoms with Gasteiger partial charge in [-0.3, -0.25) is 0 Å². The van der Waals surface area contributed by atoms with E-state index in [0.29, 0.717) is 23.3 Å². The molecular formula is C27H38O4. The summed E-state index contributed by atoms with van der Waals surface area (Å²) in [7, 11) is 0. The molecule has 0 amide bonds. The lowest BCUT2D eigenvalue weighted by atomic mass is 9.88. The highest BCUT2D eigenvalue weighted by atomic mass is 16.4. The number of carboxylic acid groups (broad SMARTS) is 1. The van der Waals surface area contributed by atoms with Gasteiger partial charge in [0.2, 0.25) is 0 Å². The largest absolute Gasteiger partial charge is 0.478 e. The van der Waals surface area contributed by atoms with E-state index in [9.17, 15) is 20.1 Å². The van der Waals surface area contributed by atoms with Gasteiger partial charge in [-0.05, 0) is 67.9 Å². The van der Waals surface area contributed by atoms with E-state index in [1.165, 1.54) is 5.57 Å². The maximum atomic E-state index is 11.4. The van der Waals surface area contributed by atoms with Gasteiger partial charge in [0.1, 0.15) is 0 Å². The average molecular weight is 427 g/mol. The van der Waals surface area contributed by atoms with E-state index in [2.05, 4.69) is 26.0 Å². The van der Waals surface area contributed by atoms with Crippen molar-refractivity contribution >= 4 is 5.97 Å². The van der Waals surface area contributed by atoms with E-state index in [1.807, 2.05) is 18.2 Å². The first-order valence-electron chi connectivity index (χ1n) is 11.9. The van der Waals surface area contributed by atoms with Crippen molar-refractivity contribution in [3.8, 4) is 0 Å². The fourth-order valence-electron chi connectivity index (χ4n) is 5.60. The van der Waals surface area contributed by atoms with Gasteiger partial charge in [-0.15, -0.1) is 0 Å². The predicted molar refractivity (Wildman–Crippen MR) is 124 cm³/mol. The van der Waals surface area contributed by atoms with E-state index in [4.69, 9.17) is 0 Å². The smallest absolute Gasteiger partial charge is 0.335 e. The number of benzene rings is 1. The number of aliphatic hydroxyl groups excluding tert-OH is 2. The molecule has 2 aliphatic rings. The molecular weight excluding hydrogens is 388 g/mol. The topological polar surface area (TPSA) is 77.8 Å². The van der Waals surface area contributed by atoms with Crippen molar-refractivity contribution in [1.29, 1.82) is 0 Å². The highest BCUT2D eigenvalue weighted by molar-refractivity contribution is 5.89. The molecule has 31 heavy (non-hydrogen) atoms. The van der Waals surface area contributed by atoms with Crippen LogP contribution in [0.3, 0.4) is 0 Å². The summed E-state index contributed by atoms with van der Waals surface area (Å²) < 4.78 is 0. The van der Waals surface area contributed by atoms with Gasteiger partial charge in [0, 0.05) is 5.92 Å². The first kappa shape index (κ1) is 23.7. The molecule has 1 unspecified atom stereocenters. The fraction of sp³-hybridized carbons (Fsp3) is 0.593. The van der Waals surface area contributed by atoms with Crippen molar-refractivity contribution in [2.75, 3.05) is 0 Å². The van der Waals surface area contributed by atoms with E-state index >= 15 is 0 Å². The highest BCUT2D eigenvalue weighted by Gasteiger charge is 2.43. The second-order valence-electron chi connectivity index (χ2n) is 9.63. The summed E-state index contributed by atoms with van der Waals surface area (Å²) in [5.74, 6) is 0.606. The van der Waals surface area contributed by atoms with Crippen molar-refractivity contribution in [3.63, 3.8) is 0 Å². The quantitative estimate of drug-likeness (QED) is 0.414. The minimum absolute atomic E-state index is 0.114. The molecule has 0 spiro atoms. The number of carboxylic acids is 1. The molecule has 4 heteroatoms. The third kappa shape index (κ3) is 6.30. The summed E-state index contributed by atoms with van der Waals surface area (Å²) in [5, 5.41) is 30.2. The first-order chi connectivity index (χ1) is 14.9. The fourth-order valence-corrected chi connectivity index (χ4v) is 5.60. The molecule has 0 bridgehead atoms. The molecule has 4 nitrogen and oxygen atoms in total. The Morgan fingerprint density at radius 3 is 2.77 bits per heavy atom. The number of allylic oxidation sites excluding steroid dienone is 2. The number of aromatic carboxylic acids is 1. The van der Waals surface area contributed by atoms with Gasteiger partial charge in [0.25, 0.3) is 0 Å². The molecule has 0 heterocycles. The van der Waals surface area contributed by atoms with Crippen LogP contribution in [-0.2, 0) is 6.42 Å². The van der Waals surface area contributed by atoms with Gasteiger partial charge in [-0.2, -0.15) is 0 Å². The van der Waals surface area contributed by atoms with Gasteiger partial charge in [0.05, 0.1) is 17.8 Å². The lowest BCUT2D eigenvalue weighted by molar-refractivity contribution is 0.0695. The molecule has 0 saturated heterocycles. The Hall–Kier alpha value is -1.91. The number of aliphatic hydroxyl groups is 2. The summed E-state index contributed by atoms with van der Waals surface area (Å²) in [6, 6.07) is 7.25. The SMILES string of the molecule is CCCC(C)C[C@H](O)C=C[C@H]1[C@H]2CC(CCCc3ccccc3C(=O)O)=C[C@H]2C[C@H]1O. The van der Waals surface area contributed by atoms with E-state index in [0.717, 1.165) is 56.9 Å². The minimum atomic E-state index is -0.861. The first-order valence-corrected chi connectivity index (χ1v) is 11.9. The molecule has 3 N–H and O–H groups in total. The molecule has 2 aliphatic carbocycles. The molecule has 1 saturated carbocycles. The van der Waals surface area contributed by atoms with Crippen LogP contribution in [0, 0.1) is 23.7 Å². The Morgan fingerprint density at radius 1 is 1.26 bits per heavy atom. The van der Waals surface area contributed by atoms with E-state index in [1.54, 1.807) is 12.1 Å². The summed E-state index contributed by atoms with van der Waals surface area (Å²) >= 11 is 0. The monoisotopic (exact) mass is 426 g/mol. The van der Waals surface area contributed by atoms with Crippen molar-refractivity contribution in [3.05, 3.63) is 59.2 Å². The molecule has 3 rings (SSSR count). The molecule has 1 fully saturated rings. The van der Waals surface area contributed by atoms with Crippen molar-refractivity contribution in [1.82, 2.24) is 0 Å². The molecule has 0 radical (unpaired) electrons. The Labute approximate surface area is 186 Å². The predicted octanol–water partition coefficient (Wildman–Crippen LogP) is 5.39.